The topological polar surface area (TPSA) is 99.8 Å². The molecule has 1 heterocycles. The summed E-state index contributed by atoms with van der Waals surface area (Å²) in [5.74, 6) is 0.596. The van der Waals surface area contributed by atoms with Crippen LogP contribution in [0, 0.1) is 0 Å². The number of hydrogen-bond donors (Lipinski definition) is 3. The van der Waals surface area contributed by atoms with Gasteiger partial charge in [-0.25, -0.2) is 0 Å². The molecule has 8 nitrogen and oxygen atoms in total. The van der Waals surface area contributed by atoms with Crippen LogP contribution >= 0.6 is 0 Å². The highest BCUT2D eigenvalue weighted by Crippen LogP contribution is 2.30. The fraction of sp³-hybridized carbons (Fsp3) is 0.447. The Balaban J connectivity index is 1.25. The van der Waals surface area contributed by atoms with Crippen molar-refractivity contribution < 1.29 is 19.1 Å². The molecule has 0 saturated carbocycles. The molecule has 1 aliphatic carbocycles. The number of nitrogens with zero attached hydrogens (tertiary/aromatic N) is 1. The van der Waals surface area contributed by atoms with Gasteiger partial charge >= 0.3 is 0 Å². The van der Waals surface area contributed by atoms with Gasteiger partial charge in [-0.05, 0) is 91.9 Å². The summed E-state index contributed by atoms with van der Waals surface area (Å²) in [5, 5.41) is 9.17. The van der Waals surface area contributed by atoms with Crippen LogP contribution in [0.25, 0.3) is 0 Å². The molecule has 4 atom stereocenters. The number of rotatable bonds is 12. The van der Waals surface area contributed by atoms with Crippen LogP contribution in [0.1, 0.15) is 86.2 Å². The molecule has 2 aliphatic rings. The van der Waals surface area contributed by atoms with Crippen LogP contribution in [-0.2, 0) is 33.8 Å². The Morgan fingerprint density at radius 1 is 0.891 bits per heavy atom. The van der Waals surface area contributed by atoms with Crippen molar-refractivity contribution in [2.75, 3.05) is 13.6 Å². The molecule has 3 N–H and O–H groups in total. The van der Waals surface area contributed by atoms with Crippen LogP contribution in [0.4, 0.5) is 0 Å². The van der Waals surface area contributed by atoms with E-state index in [1.165, 1.54) is 16.7 Å². The molecule has 3 aromatic carbocycles. The minimum absolute atomic E-state index is 0.0536. The van der Waals surface area contributed by atoms with Gasteiger partial charge in [-0.2, -0.15) is 0 Å². The van der Waals surface area contributed by atoms with Gasteiger partial charge in [0.1, 0.15) is 24.4 Å². The van der Waals surface area contributed by atoms with E-state index in [4.69, 9.17) is 4.74 Å². The van der Waals surface area contributed by atoms with Gasteiger partial charge in [0.2, 0.25) is 17.7 Å². The molecule has 244 valence electrons. The summed E-state index contributed by atoms with van der Waals surface area (Å²) in [6.45, 7) is 7.05. The molecule has 0 bridgehead atoms. The molecule has 46 heavy (non-hydrogen) atoms. The number of amides is 3. The monoisotopic (exact) mass is 624 g/mol. The normalized spacial score (nSPS) is 18.8. The Morgan fingerprint density at radius 2 is 1.61 bits per heavy atom. The van der Waals surface area contributed by atoms with Crippen molar-refractivity contribution in [3.63, 3.8) is 0 Å². The number of aryl methyl sites for hydroxylation is 1. The number of likely N-dealkylation sites (N-methyl/N-ethyl adjacent to an activating group) is 1. The van der Waals surface area contributed by atoms with Gasteiger partial charge in [0.05, 0.1) is 12.1 Å². The Kier molecular flexibility index (Phi) is 11.1. The third-order valence-electron chi connectivity index (χ3n) is 9.38. The molecule has 1 fully saturated rings. The Hall–Kier alpha value is -4.17. The van der Waals surface area contributed by atoms with Gasteiger partial charge < -0.3 is 25.6 Å². The summed E-state index contributed by atoms with van der Waals surface area (Å²) in [7, 11) is 1.71. The molecule has 3 unspecified atom stereocenters. The third-order valence-corrected chi connectivity index (χ3v) is 9.38. The highest BCUT2D eigenvalue weighted by molar-refractivity contribution is 5.93. The van der Waals surface area contributed by atoms with Gasteiger partial charge in [-0.1, -0.05) is 74.5 Å². The van der Waals surface area contributed by atoms with Crippen molar-refractivity contribution in [2.45, 2.75) is 96.0 Å². The van der Waals surface area contributed by atoms with Crippen LogP contribution in [0.2, 0.25) is 0 Å². The summed E-state index contributed by atoms with van der Waals surface area (Å²) in [6, 6.07) is 22.5. The van der Waals surface area contributed by atoms with Gasteiger partial charge in [-0.15, -0.1) is 0 Å². The zero-order valence-corrected chi connectivity index (χ0v) is 27.6. The van der Waals surface area contributed by atoms with Crippen molar-refractivity contribution in [2.24, 2.45) is 0 Å². The minimum atomic E-state index is -0.807. The molecule has 0 aromatic heterocycles. The van der Waals surface area contributed by atoms with E-state index in [1.54, 1.807) is 18.9 Å². The summed E-state index contributed by atoms with van der Waals surface area (Å²) in [4.78, 5) is 42.4. The predicted octanol–water partition coefficient (Wildman–Crippen LogP) is 5.21. The number of hydrogen-bond acceptors (Lipinski definition) is 5. The largest absolute Gasteiger partial charge is 0.489 e. The fourth-order valence-electron chi connectivity index (χ4n) is 6.43. The predicted molar refractivity (Wildman–Crippen MR) is 180 cm³/mol. The van der Waals surface area contributed by atoms with E-state index in [1.807, 2.05) is 36.4 Å². The van der Waals surface area contributed by atoms with Gasteiger partial charge in [-0.3, -0.25) is 14.4 Å². The number of nitrogens with one attached hydrogen (secondary N) is 3. The molecule has 1 saturated heterocycles. The Bertz CT molecular complexity index is 1490. The van der Waals surface area contributed by atoms with E-state index in [-0.39, 0.29) is 23.8 Å². The van der Waals surface area contributed by atoms with Gasteiger partial charge in [0, 0.05) is 13.0 Å². The maximum atomic E-state index is 14.1. The maximum absolute atomic E-state index is 14.1. The number of carbonyl (C=O) groups is 3. The zero-order chi connectivity index (χ0) is 32.6. The van der Waals surface area contributed by atoms with E-state index >= 15 is 0 Å². The van der Waals surface area contributed by atoms with Crippen molar-refractivity contribution in [3.8, 4) is 5.75 Å². The van der Waals surface area contributed by atoms with Crippen LogP contribution in [-0.4, -0.2) is 54.3 Å². The van der Waals surface area contributed by atoms with Gasteiger partial charge in [0.25, 0.3) is 0 Å². The molecule has 3 amide bonds. The van der Waals surface area contributed by atoms with Crippen LogP contribution in [0.5, 0.6) is 5.75 Å². The number of fused-ring (bicyclic) bond motifs is 1. The molecule has 1 aliphatic heterocycles. The summed E-state index contributed by atoms with van der Waals surface area (Å²) in [5.41, 5.74) is 5.72. The Morgan fingerprint density at radius 3 is 2.33 bits per heavy atom. The molecule has 8 heteroatoms. The summed E-state index contributed by atoms with van der Waals surface area (Å²) >= 11 is 0. The standard InChI is InChI=1S/C38H48N4O4/c1-25(2)29-18-14-28(15-19-29)24-46-31-20-16-27(17-21-31)23-34(41-36(43)26(3)39-4)38(45)42-22-8-13-35(42)37(44)40-33-12-7-10-30-9-5-6-11-32(30)33/h5-6,9,11,14-21,25-26,33-35,39H,7-8,10,12-13,22-24H2,1-4H3,(H,40,44)(H,41,43)/t26-,33?,34?,35?/m0/s1. The number of ether oxygens (including phenoxy) is 1. The fourth-order valence-corrected chi connectivity index (χ4v) is 6.43. The smallest absolute Gasteiger partial charge is 0.246 e. The van der Waals surface area contributed by atoms with Crippen molar-refractivity contribution >= 4 is 17.7 Å². The first kappa shape index (κ1) is 33.2. The quantitative estimate of drug-likeness (QED) is 0.257. The summed E-state index contributed by atoms with van der Waals surface area (Å²) < 4.78 is 6.02. The molecule has 0 radical (unpaired) electrons. The molecule has 3 aromatic rings. The van der Waals surface area contributed by atoms with E-state index in [0.29, 0.717) is 31.9 Å². The molecule has 0 spiro atoms. The van der Waals surface area contributed by atoms with Crippen LogP contribution in [0.15, 0.2) is 72.8 Å². The summed E-state index contributed by atoms with van der Waals surface area (Å²) in [6.07, 6.45) is 4.56. The minimum Gasteiger partial charge on any atom is -0.489 e. The Labute approximate surface area is 273 Å². The van der Waals surface area contributed by atoms with E-state index in [2.05, 4.69) is 66.2 Å². The first-order chi connectivity index (χ1) is 22.2. The third kappa shape index (κ3) is 8.15. The van der Waals surface area contributed by atoms with E-state index in [0.717, 1.165) is 42.6 Å². The maximum Gasteiger partial charge on any atom is 0.246 e. The van der Waals surface area contributed by atoms with Gasteiger partial charge in [0.15, 0.2) is 0 Å². The van der Waals surface area contributed by atoms with Crippen molar-refractivity contribution in [3.05, 3.63) is 101 Å². The lowest BCUT2D eigenvalue weighted by molar-refractivity contribution is -0.141. The lowest BCUT2D eigenvalue weighted by Gasteiger charge is -2.32. The lowest BCUT2D eigenvalue weighted by Crippen LogP contribution is -2.56. The average molecular weight is 625 g/mol. The zero-order valence-electron chi connectivity index (χ0n) is 27.6. The highest BCUT2D eigenvalue weighted by atomic mass is 16.5. The first-order valence-electron chi connectivity index (χ1n) is 16.7. The van der Waals surface area contributed by atoms with Crippen LogP contribution in [0.3, 0.4) is 0 Å². The van der Waals surface area contributed by atoms with E-state index < -0.39 is 18.1 Å². The first-order valence-corrected chi connectivity index (χ1v) is 16.7. The van der Waals surface area contributed by atoms with Crippen molar-refractivity contribution in [1.82, 2.24) is 20.9 Å². The van der Waals surface area contributed by atoms with Crippen LogP contribution < -0.4 is 20.7 Å². The number of benzene rings is 3. The second-order valence-corrected chi connectivity index (χ2v) is 12.9. The highest BCUT2D eigenvalue weighted by Gasteiger charge is 2.39. The SMILES string of the molecule is CN[C@@H](C)C(=O)NC(Cc1ccc(OCc2ccc(C(C)C)cc2)cc1)C(=O)N1CCCC1C(=O)NC1CCCc2ccccc21. The van der Waals surface area contributed by atoms with E-state index in [9.17, 15) is 14.4 Å². The second-order valence-electron chi connectivity index (χ2n) is 12.9. The lowest BCUT2D eigenvalue weighted by atomic mass is 9.87. The molecule has 5 rings (SSSR count). The number of likely N-dealkylation sites (tertiary alicyclic amines) is 1. The molecular formula is C38H48N4O4. The second kappa shape index (κ2) is 15.4. The molecular weight excluding hydrogens is 576 g/mol. The van der Waals surface area contributed by atoms with Crippen molar-refractivity contribution in [1.29, 1.82) is 0 Å². The number of carbonyl (C=O) groups excluding carboxylic acids is 3. The average Bonchev–Trinajstić information content (AvgIpc) is 3.57.